The quantitative estimate of drug-likeness (QED) is 0.407. The van der Waals surface area contributed by atoms with E-state index in [1.807, 2.05) is 6.92 Å². The van der Waals surface area contributed by atoms with E-state index >= 15 is 0 Å². The van der Waals surface area contributed by atoms with Crippen LogP contribution in [0.15, 0.2) is 0 Å². The average molecular weight is 353 g/mol. The smallest absolute Gasteiger partial charge is 0.356 e. The Morgan fingerprint density at radius 1 is 0.870 bits per heavy atom. The van der Waals surface area contributed by atoms with Crippen molar-refractivity contribution in [1.82, 2.24) is 5.32 Å². The maximum atomic E-state index is 13.0. The van der Waals surface area contributed by atoms with Crippen molar-refractivity contribution in [1.29, 1.82) is 0 Å². The van der Waals surface area contributed by atoms with E-state index in [0.717, 1.165) is 25.7 Å². The number of carbonyl (C=O) groups is 1. The number of alkyl halides is 7. The zero-order valence-corrected chi connectivity index (χ0v) is 12.9. The van der Waals surface area contributed by atoms with Gasteiger partial charge in [-0.2, -0.15) is 30.7 Å². The van der Waals surface area contributed by atoms with Crippen molar-refractivity contribution in [3.63, 3.8) is 0 Å². The summed E-state index contributed by atoms with van der Waals surface area (Å²) in [5.74, 6) is -11.7. The summed E-state index contributed by atoms with van der Waals surface area (Å²) in [4.78, 5) is 11.3. The molecule has 0 atom stereocenters. The summed E-state index contributed by atoms with van der Waals surface area (Å²) in [7, 11) is 0. The van der Waals surface area contributed by atoms with Crippen LogP contribution < -0.4 is 5.32 Å². The van der Waals surface area contributed by atoms with Gasteiger partial charge < -0.3 is 5.32 Å². The standard InChI is InChI=1S/C14H22F7NO/c1-2-3-4-5-6-8-11(23)22-10-7-9-12(15,16)13(17,18)14(19,20)21/h2-10H2,1H3,(H,22,23). The minimum absolute atomic E-state index is 0.179. The molecule has 2 nitrogen and oxygen atoms in total. The highest BCUT2D eigenvalue weighted by atomic mass is 19.4. The Bertz CT molecular complexity index is 356. The molecule has 0 spiro atoms. The SMILES string of the molecule is CCCCCCCC(=O)NCCCC(F)(F)C(F)(F)C(F)(F)F. The summed E-state index contributed by atoms with van der Waals surface area (Å²) in [6.45, 7) is 1.67. The van der Waals surface area contributed by atoms with Crippen LogP contribution in [0, 0.1) is 0 Å². The number of amides is 1. The third-order valence-corrected chi connectivity index (χ3v) is 3.31. The van der Waals surface area contributed by atoms with Gasteiger partial charge in [0.15, 0.2) is 0 Å². The molecule has 0 fully saturated rings. The molecule has 0 bridgehead atoms. The Hall–Kier alpha value is -1.02. The van der Waals surface area contributed by atoms with Gasteiger partial charge in [0.1, 0.15) is 0 Å². The van der Waals surface area contributed by atoms with Gasteiger partial charge in [0, 0.05) is 19.4 Å². The molecule has 138 valence electrons. The molecule has 0 saturated carbocycles. The average Bonchev–Trinajstić information content (AvgIpc) is 2.42. The molecule has 0 aromatic rings. The Balaban J connectivity index is 4.00. The molecule has 1 N–H and O–H groups in total. The molecule has 9 heteroatoms. The lowest BCUT2D eigenvalue weighted by Crippen LogP contribution is -2.52. The molecule has 0 aliphatic carbocycles. The van der Waals surface area contributed by atoms with Gasteiger partial charge in [-0.05, 0) is 12.8 Å². The molecule has 0 heterocycles. The second-order valence-electron chi connectivity index (χ2n) is 5.39. The Morgan fingerprint density at radius 2 is 1.43 bits per heavy atom. The number of rotatable bonds is 11. The number of carbonyl (C=O) groups excluding carboxylic acids is 1. The summed E-state index contributed by atoms with van der Waals surface area (Å²) in [6, 6.07) is 0. The Morgan fingerprint density at radius 3 is 1.96 bits per heavy atom. The van der Waals surface area contributed by atoms with Gasteiger partial charge in [0.25, 0.3) is 0 Å². The number of hydrogen-bond donors (Lipinski definition) is 1. The Labute approximate surface area is 130 Å². The van der Waals surface area contributed by atoms with E-state index in [-0.39, 0.29) is 13.0 Å². The summed E-state index contributed by atoms with van der Waals surface area (Å²) < 4.78 is 86.8. The van der Waals surface area contributed by atoms with Crippen LogP contribution in [0.5, 0.6) is 0 Å². The predicted molar refractivity (Wildman–Crippen MR) is 71.6 cm³/mol. The van der Waals surface area contributed by atoms with Gasteiger partial charge in [-0.3, -0.25) is 4.79 Å². The van der Waals surface area contributed by atoms with Crippen molar-refractivity contribution in [2.45, 2.75) is 76.3 Å². The summed E-state index contributed by atoms with van der Waals surface area (Å²) in [5, 5.41) is 2.24. The van der Waals surface area contributed by atoms with E-state index in [0.29, 0.717) is 6.42 Å². The second kappa shape index (κ2) is 9.32. The fourth-order valence-corrected chi connectivity index (χ4v) is 1.88. The second-order valence-corrected chi connectivity index (χ2v) is 5.39. The van der Waals surface area contributed by atoms with Crippen LogP contribution in [0.1, 0.15) is 58.3 Å². The first-order chi connectivity index (χ1) is 10.5. The van der Waals surface area contributed by atoms with E-state index in [1.165, 1.54) is 0 Å². The summed E-state index contributed by atoms with van der Waals surface area (Å²) >= 11 is 0. The minimum atomic E-state index is -6.31. The van der Waals surface area contributed by atoms with Gasteiger partial charge in [-0.25, -0.2) is 0 Å². The molecular formula is C14H22F7NO. The lowest BCUT2D eigenvalue weighted by molar-refractivity contribution is -0.355. The van der Waals surface area contributed by atoms with Gasteiger partial charge in [-0.15, -0.1) is 0 Å². The fourth-order valence-electron chi connectivity index (χ4n) is 1.88. The normalized spacial score (nSPS) is 13.2. The van der Waals surface area contributed by atoms with Crippen molar-refractivity contribution in [2.75, 3.05) is 6.54 Å². The van der Waals surface area contributed by atoms with E-state index < -0.39 is 36.8 Å². The van der Waals surface area contributed by atoms with Crippen molar-refractivity contribution < 1.29 is 35.5 Å². The number of unbranched alkanes of at least 4 members (excludes halogenated alkanes) is 4. The molecule has 23 heavy (non-hydrogen) atoms. The van der Waals surface area contributed by atoms with Crippen LogP contribution >= 0.6 is 0 Å². The van der Waals surface area contributed by atoms with E-state index in [9.17, 15) is 35.5 Å². The summed E-state index contributed by atoms with van der Waals surface area (Å²) in [5.41, 5.74) is 0. The first-order valence-corrected chi connectivity index (χ1v) is 7.54. The number of halogens is 7. The zero-order valence-electron chi connectivity index (χ0n) is 12.9. The maximum Gasteiger partial charge on any atom is 0.459 e. The first kappa shape index (κ1) is 22.0. The molecule has 0 aliphatic heterocycles. The van der Waals surface area contributed by atoms with E-state index in [1.54, 1.807) is 0 Å². The number of nitrogens with one attached hydrogen (secondary N) is 1. The molecule has 1 amide bonds. The van der Waals surface area contributed by atoms with Crippen LogP contribution in [0.4, 0.5) is 30.7 Å². The van der Waals surface area contributed by atoms with Crippen molar-refractivity contribution in [3.8, 4) is 0 Å². The van der Waals surface area contributed by atoms with E-state index in [4.69, 9.17) is 0 Å². The van der Waals surface area contributed by atoms with Gasteiger partial charge in [-0.1, -0.05) is 32.6 Å². The van der Waals surface area contributed by atoms with Crippen LogP contribution in [0.25, 0.3) is 0 Å². The highest BCUT2D eigenvalue weighted by Crippen LogP contribution is 2.48. The molecule has 0 rings (SSSR count). The highest BCUT2D eigenvalue weighted by molar-refractivity contribution is 5.75. The van der Waals surface area contributed by atoms with Crippen LogP contribution in [-0.4, -0.2) is 30.5 Å². The molecule has 0 aromatic heterocycles. The monoisotopic (exact) mass is 353 g/mol. The van der Waals surface area contributed by atoms with Crippen LogP contribution in [-0.2, 0) is 4.79 Å². The predicted octanol–water partition coefficient (Wildman–Crippen LogP) is 5.08. The largest absolute Gasteiger partial charge is 0.459 e. The van der Waals surface area contributed by atoms with Crippen molar-refractivity contribution in [3.05, 3.63) is 0 Å². The Kier molecular flexibility index (Phi) is 8.90. The maximum absolute atomic E-state index is 13.0. The van der Waals surface area contributed by atoms with Crippen LogP contribution in [0.2, 0.25) is 0 Å². The third-order valence-electron chi connectivity index (χ3n) is 3.31. The summed E-state index contributed by atoms with van der Waals surface area (Å²) in [6.07, 6.45) is -3.92. The van der Waals surface area contributed by atoms with Gasteiger partial charge >= 0.3 is 18.0 Å². The van der Waals surface area contributed by atoms with Gasteiger partial charge in [0.2, 0.25) is 5.91 Å². The van der Waals surface area contributed by atoms with E-state index in [2.05, 4.69) is 5.32 Å². The van der Waals surface area contributed by atoms with Gasteiger partial charge in [0.05, 0.1) is 0 Å². The van der Waals surface area contributed by atoms with Crippen LogP contribution in [0.3, 0.4) is 0 Å². The number of hydrogen-bond acceptors (Lipinski definition) is 1. The minimum Gasteiger partial charge on any atom is -0.356 e. The third kappa shape index (κ3) is 7.39. The topological polar surface area (TPSA) is 29.1 Å². The zero-order chi connectivity index (χ0) is 18.1. The molecule has 0 unspecified atom stereocenters. The lowest BCUT2D eigenvalue weighted by Gasteiger charge is -2.28. The van der Waals surface area contributed by atoms with Crippen molar-refractivity contribution in [2.24, 2.45) is 0 Å². The molecule has 0 saturated heterocycles. The molecule has 0 aromatic carbocycles. The molecular weight excluding hydrogens is 331 g/mol. The lowest BCUT2D eigenvalue weighted by atomic mass is 10.1. The first-order valence-electron chi connectivity index (χ1n) is 7.54. The molecule has 0 aliphatic rings. The van der Waals surface area contributed by atoms with Crippen molar-refractivity contribution >= 4 is 5.91 Å². The molecule has 0 radical (unpaired) electrons. The highest BCUT2D eigenvalue weighted by Gasteiger charge is 2.72. The fraction of sp³-hybridized carbons (Fsp3) is 0.929.